The molecule has 2 amide bonds. The van der Waals surface area contributed by atoms with Crippen LogP contribution in [-0.4, -0.2) is 33.5 Å². The van der Waals surface area contributed by atoms with E-state index >= 15 is 0 Å². The molecule has 0 atom stereocenters. The van der Waals surface area contributed by atoms with Gasteiger partial charge in [-0.1, -0.05) is 38.1 Å². The fourth-order valence-corrected chi connectivity index (χ4v) is 2.43. The normalized spacial score (nSPS) is 11.8. The lowest BCUT2D eigenvalue weighted by Crippen LogP contribution is -2.36. The van der Waals surface area contributed by atoms with Crippen molar-refractivity contribution >= 4 is 23.2 Å². The summed E-state index contributed by atoms with van der Waals surface area (Å²) in [4.78, 5) is 23.9. The van der Waals surface area contributed by atoms with Crippen LogP contribution in [0.4, 0.5) is 0 Å². The molecule has 0 radical (unpaired) electrons. The number of phenols is 2. The SMILES string of the molecule is CC/C(=N\NC(=O)C(=O)N/N=C(\CC)c1ccccc1O)c1ccccc1O. The van der Waals surface area contributed by atoms with Crippen molar-refractivity contribution in [3.63, 3.8) is 0 Å². The number of nitrogens with one attached hydrogen (secondary N) is 2. The minimum atomic E-state index is -1.00. The second kappa shape index (κ2) is 9.86. The number of nitrogens with zero attached hydrogens (tertiary/aromatic N) is 2. The summed E-state index contributed by atoms with van der Waals surface area (Å²) in [5.74, 6) is -1.95. The Bertz CT molecular complexity index is 846. The molecule has 0 aliphatic rings. The van der Waals surface area contributed by atoms with Crippen molar-refractivity contribution in [3.8, 4) is 11.5 Å². The van der Waals surface area contributed by atoms with Gasteiger partial charge in [0.25, 0.3) is 0 Å². The zero-order valence-electron chi connectivity index (χ0n) is 15.6. The molecule has 0 heterocycles. The zero-order valence-corrected chi connectivity index (χ0v) is 15.6. The highest BCUT2D eigenvalue weighted by Gasteiger charge is 2.15. The maximum Gasteiger partial charge on any atom is 0.331 e. The second-order valence-electron chi connectivity index (χ2n) is 5.74. The molecular weight excluding hydrogens is 360 g/mol. The number of hydrazone groups is 2. The number of aromatic hydroxyl groups is 2. The van der Waals surface area contributed by atoms with Crippen LogP contribution in [0.25, 0.3) is 0 Å². The van der Waals surface area contributed by atoms with Crippen LogP contribution < -0.4 is 10.9 Å². The van der Waals surface area contributed by atoms with Gasteiger partial charge in [-0.05, 0) is 37.1 Å². The van der Waals surface area contributed by atoms with Crippen molar-refractivity contribution in [2.45, 2.75) is 26.7 Å². The van der Waals surface area contributed by atoms with Crippen molar-refractivity contribution < 1.29 is 19.8 Å². The molecule has 0 aliphatic heterocycles. The first-order valence-electron chi connectivity index (χ1n) is 8.78. The first-order chi connectivity index (χ1) is 13.5. The predicted molar refractivity (Wildman–Crippen MR) is 106 cm³/mol. The Morgan fingerprint density at radius 1 is 0.750 bits per heavy atom. The van der Waals surface area contributed by atoms with E-state index in [0.717, 1.165) is 0 Å². The summed E-state index contributed by atoms with van der Waals surface area (Å²) in [5.41, 5.74) is 6.10. The Morgan fingerprint density at radius 3 is 1.43 bits per heavy atom. The van der Waals surface area contributed by atoms with Crippen LogP contribution in [0.1, 0.15) is 37.8 Å². The Labute approximate surface area is 162 Å². The third kappa shape index (κ3) is 5.16. The summed E-state index contributed by atoms with van der Waals surface area (Å²) < 4.78 is 0. The molecule has 4 N–H and O–H groups in total. The van der Waals surface area contributed by atoms with E-state index in [1.165, 1.54) is 12.1 Å². The molecule has 28 heavy (non-hydrogen) atoms. The van der Waals surface area contributed by atoms with E-state index in [9.17, 15) is 19.8 Å². The molecule has 0 saturated heterocycles. The summed E-state index contributed by atoms with van der Waals surface area (Å²) in [5, 5.41) is 27.6. The highest BCUT2D eigenvalue weighted by molar-refractivity contribution is 6.35. The Morgan fingerprint density at radius 2 is 1.11 bits per heavy atom. The quantitative estimate of drug-likeness (QED) is 0.347. The summed E-state index contributed by atoms with van der Waals surface area (Å²) >= 11 is 0. The van der Waals surface area contributed by atoms with Crippen LogP contribution in [0.15, 0.2) is 58.7 Å². The fraction of sp³-hybridized carbons (Fsp3) is 0.200. The second-order valence-corrected chi connectivity index (χ2v) is 5.74. The number of amides is 2. The van der Waals surface area contributed by atoms with Crippen molar-refractivity contribution in [3.05, 3.63) is 59.7 Å². The van der Waals surface area contributed by atoms with Crippen molar-refractivity contribution in [2.24, 2.45) is 10.2 Å². The first kappa shape index (κ1) is 20.6. The van der Waals surface area contributed by atoms with E-state index in [4.69, 9.17) is 0 Å². The summed E-state index contributed by atoms with van der Waals surface area (Å²) in [6.07, 6.45) is 0.871. The average molecular weight is 382 g/mol. The van der Waals surface area contributed by atoms with Crippen LogP contribution in [0, 0.1) is 0 Å². The van der Waals surface area contributed by atoms with E-state index in [1.807, 2.05) is 13.8 Å². The molecule has 0 bridgehead atoms. The molecule has 2 aromatic carbocycles. The van der Waals surface area contributed by atoms with Crippen LogP contribution in [0.2, 0.25) is 0 Å². The van der Waals surface area contributed by atoms with E-state index in [2.05, 4.69) is 21.1 Å². The van der Waals surface area contributed by atoms with Crippen LogP contribution in [0.3, 0.4) is 0 Å². The third-order valence-corrected chi connectivity index (χ3v) is 3.89. The van der Waals surface area contributed by atoms with Gasteiger partial charge in [-0.3, -0.25) is 9.59 Å². The molecular formula is C20H22N4O4. The van der Waals surface area contributed by atoms with Gasteiger partial charge in [0.2, 0.25) is 0 Å². The van der Waals surface area contributed by atoms with E-state index in [1.54, 1.807) is 36.4 Å². The van der Waals surface area contributed by atoms with Gasteiger partial charge in [0.1, 0.15) is 11.5 Å². The van der Waals surface area contributed by atoms with Crippen LogP contribution >= 0.6 is 0 Å². The lowest BCUT2D eigenvalue weighted by molar-refractivity contribution is -0.139. The van der Waals surface area contributed by atoms with Gasteiger partial charge in [-0.25, -0.2) is 10.9 Å². The van der Waals surface area contributed by atoms with Crippen molar-refractivity contribution in [1.82, 2.24) is 10.9 Å². The highest BCUT2D eigenvalue weighted by Crippen LogP contribution is 2.18. The first-order valence-corrected chi connectivity index (χ1v) is 8.78. The lowest BCUT2D eigenvalue weighted by Gasteiger charge is -2.08. The van der Waals surface area contributed by atoms with Crippen molar-refractivity contribution in [1.29, 1.82) is 0 Å². The van der Waals surface area contributed by atoms with Gasteiger partial charge in [0, 0.05) is 11.1 Å². The van der Waals surface area contributed by atoms with Crippen molar-refractivity contribution in [2.75, 3.05) is 0 Å². The molecule has 0 fully saturated rings. The van der Waals surface area contributed by atoms with Gasteiger partial charge < -0.3 is 10.2 Å². The number of carbonyl (C=O) groups is 2. The molecule has 0 spiro atoms. The molecule has 0 aromatic heterocycles. The zero-order chi connectivity index (χ0) is 20.5. The maximum absolute atomic E-state index is 12.0. The minimum Gasteiger partial charge on any atom is -0.507 e. The number of hydrogen-bond acceptors (Lipinski definition) is 6. The number of phenolic OH excluding ortho intramolecular Hbond substituents is 2. The predicted octanol–water partition coefficient (Wildman–Crippen LogP) is 2.26. The largest absolute Gasteiger partial charge is 0.507 e. The standard InChI is InChI=1S/C20H22N4O4/c1-3-15(13-9-5-7-11-17(13)25)21-23-19(27)20(28)24-22-16(4-2)14-10-6-8-12-18(14)26/h5-12,25-26H,3-4H2,1-2H3,(H,23,27)(H,24,28)/b21-15+,22-16+. The summed E-state index contributed by atoms with van der Waals surface area (Å²) in [6.45, 7) is 3.61. The average Bonchev–Trinajstić information content (AvgIpc) is 2.70. The Hall–Kier alpha value is -3.68. The monoisotopic (exact) mass is 382 g/mol. The Balaban J connectivity index is 2.07. The van der Waals surface area contributed by atoms with Crippen LogP contribution in [-0.2, 0) is 9.59 Å². The molecule has 2 rings (SSSR count). The van der Waals surface area contributed by atoms with Gasteiger partial charge in [0.05, 0.1) is 11.4 Å². The van der Waals surface area contributed by atoms with E-state index in [-0.39, 0.29) is 11.5 Å². The van der Waals surface area contributed by atoms with Gasteiger partial charge >= 0.3 is 11.8 Å². The Kier molecular flexibility index (Phi) is 7.27. The minimum absolute atomic E-state index is 0.0293. The van der Waals surface area contributed by atoms with Gasteiger partial charge in [0.15, 0.2) is 0 Å². The maximum atomic E-state index is 12.0. The highest BCUT2D eigenvalue weighted by atomic mass is 16.3. The van der Waals surface area contributed by atoms with Gasteiger partial charge in [-0.2, -0.15) is 10.2 Å². The molecule has 146 valence electrons. The van der Waals surface area contributed by atoms with E-state index < -0.39 is 11.8 Å². The number of carbonyl (C=O) groups excluding carboxylic acids is 2. The molecule has 0 unspecified atom stereocenters. The molecule has 0 saturated carbocycles. The van der Waals surface area contributed by atoms with Gasteiger partial charge in [-0.15, -0.1) is 0 Å². The topological polar surface area (TPSA) is 123 Å². The summed E-state index contributed by atoms with van der Waals surface area (Å²) in [7, 11) is 0. The summed E-state index contributed by atoms with van der Waals surface area (Å²) in [6, 6.07) is 13.1. The smallest absolute Gasteiger partial charge is 0.331 e. The third-order valence-electron chi connectivity index (χ3n) is 3.89. The number of para-hydroxylation sites is 2. The van der Waals surface area contributed by atoms with E-state index in [0.29, 0.717) is 35.4 Å². The lowest BCUT2D eigenvalue weighted by atomic mass is 10.1. The molecule has 0 aliphatic carbocycles. The molecule has 8 nitrogen and oxygen atoms in total. The molecule has 2 aromatic rings. The number of hydrogen-bond donors (Lipinski definition) is 4. The number of rotatable bonds is 6. The molecule has 8 heteroatoms. The fourth-order valence-electron chi connectivity index (χ4n) is 2.43. The van der Waals surface area contributed by atoms with Crippen LogP contribution in [0.5, 0.6) is 11.5 Å². The number of benzene rings is 2.